The van der Waals surface area contributed by atoms with Crippen LogP contribution in [-0.4, -0.2) is 36.6 Å². The standard InChI is InChI=1S/C16H23NO2/c1-16(2,15(18)19-3)17-10-9-14(12-17)11-13-7-5-4-6-8-13/h4-8,14H,9-12H2,1-3H3. The first-order chi connectivity index (χ1) is 9.04. The monoisotopic (exact) mass is 261 g/mol. The number of hydrogen-bond donors (Lipinski definition) is 0. The summed E-state index contributed by atoms with van der Waals surface area (Å²) in [6.45, 7) is 5.84. The van der Waals surface area contributed by atoms with Crippen LogP contribution in [0.2, 0.25) is 0 Å². The lowest BCUT2D eigenvalue weighted by atomic mass is 9.98. The van der Waals surface area contributed by atoms with Crippen molar-refractivity contribution in [3.05, 3.63) is 35.9 Å². The Kier molecular flexibility index (Phi) is 4.25. The largest absolute Gasteiger partial charge is 0.468 e. The van der Waals surface area contributed by atoms with Gasteiger partial charge in [-0.1, -0.05) is 30.3 Å². The summed E-state index contributed by atoms with van der Waals surface area (Å²) >= 11 is 0. The van der Waals surface area contributed by atoms with Crippen molar-refractivity contribution in [2.45, 2.75) is 32.2 Å². The highest BCUT2D eigenvalue weighted by Gasteiger charge is 2.39. The zero-order valence-corrected chi connectivity index (χ0v) is 12.1. The van der Waals surface area contributed by atoms with Crippen molar-refractivity contribution in [2.24, 2.45) is 5.92 Å². The molecule has 0 spiro atoms. The third-order valence-electron chi connectivity index (χ3n) is 4.13. The molecule has 1 atom stereocenters. The van der Waals surface area contributed by atoms with Gasteiger partial charge < -0.3 is 4.74 Å². The molecule has 1 aromatic carbocycles. The van der Waals surface area contributed by atoms with Crippen LogP contribution in [0, 0.1) is 5.92 Å². The molecule has 0 saturated carbocycles. The van der Waals surface area contributed by atoms with Crippen LogP contribution in [-0.2, 0) is 16.0 Å². The average molecular weight is 261 g/mol. The molecule has 1 saturated heterocycles. The minimum Gasteiger partial charge on any atom is -0.468 e. The molecule has 1 heterocycles. The zero-order chi connectivity index (χ0) is 13.9. The predicted molar refractivity (Wildman–Crippen MR) is 75.9 cm³/mol. The van der Waals surface area contributed by atoms with E-state index in [-0.39, 0.29) is 5.97 Å². The minimum absolute atomic E-state index is 0.145. The van der Waals surface area contributed by atoms with Gasteiger partial charge in [-0.3, -0.25) is 9.69 Å². The fraction of sp³-hybridized carbons (Fsp3) is 0.562. The summed E-state index contributed by atoms with van der Waals surface area (Å²) in [5, 5.41) is 0. The molecule has 2 rings (SSSR count). The highest BCUT2D eigenvalue weighted by molar-refractivity contribution is 5.79. The summed E-state index contributed by atoms with van der Waals surface area (Å²) in [5.41, 5.74) is 0.866. The second kappa shape index (κ2) is 5.74. The number of likely N-dealkylation sites (tertiary alicyclic amines) is 1. The molecular formula is C16H23NO2. The molecule has 1 fully saturated rings. The lowest BCUT2D eigenvalue weighted by molar-refractivity contribution is -0.152. The molecule has 19 heavy (non-hydrogen) atoms. The molecule has 0 radical (unpaired) electrons. The number of nitrogens with zero attached hydrogens (tertiary/aromatic N) is 1. The van der Waals surface area contributed by atoms with Crippen LogP contribution in [0.4, 0.5) is 0 Å². The van der Waals surface area contributed by atoms with Gasteiger partial charge in [0.05, 0.1) is 7.11 Å². The molecule has 3 nitrogen and oxygen atoms in total. The topological polar surface area (TPSA) is 29.5 Å². The quantitative estimate of drug-likeness (QED) is 0.780. The first-order valence-corrected chi connectivity index (χ1v) is 6.91. The third kappa shape index (κ3) is 3.16. The molecule has 0 bridgehead atoms. The Balaban J connectivity index is 1.95. The van der Waals surface area contributed by atoms with E-state index in [1.807, 2.05) is 19.9 Å². The average Bonchev–Trinajstić information content (AvgIpc) is 2.88. The second-order valence-corrected chi connectivity index (χ2v) is 5.84. The van der Waals surface area contributed by atoms with Crippen LogP contribution >= 0.6 is 0 Å². The van der Waals surface area contributed by atoms with Gasteiger partial charge in [-0.2, -0.15) is 0 Å². The van der Waals surface area contributed by atoms with Crippen LogP contribution < -0.4 is 0 Å². The molecule has 0 amide bonds. The number of hydrogen-bond acceptors (Lipinski definition) is 3. The number of carbonyl (C=O) groups is 1. The van der Waals surface area contributed by atoms with Gasteiger partial charge in [-0.15, -0.1) is 0 Å². The highest BCUT2D eigenvalue weighted by atomic mass is 16.5. The fourth-order valence-electron chi connectivity index (χ4n) is 2.83. The fourth-order valence-corrected chi connectivity index (χ4v) is 2.83. The van der Waals surface area contributed by atoms with E-state index in [1.165, 1.54) is 12.7 Å². The first-order valence-electron chi connectivity index (χ1n) is 6.91. The molecule has 3 heteroatoms. The Morgan fingerprint density at radius 1 is 1.37 bits per heavy atom. The number of esters is 1. The maximum atomic E-state index is 11.8. The van der Waals surface area contributed by atoms with Gasteiger partial charge in [0.1, 0.15) is 5.54 Å². The number of methoxy groups -OCH3 is 1. The van der Waals surface area contributed by atoms with Gasteiger partial charge in [0.2, 0.25) is 0 Å². The van der Waals surface area contributed by atoms with Gasteiger partial charge in [-0.05, 0) is 44.7 Å². The minimum atomic E-state index is -0.514. The summed E-state index contributed by atoms with van der Waals surface area (Å²) in [6.07, 6.45) is 2.24. The van der Waals surface area contributed by atoms with Gasteiger partial charge in [0.15, 0.2) is 0 Å². The second-order valence-electron chi connectivity index (χ2n) is 5.84. The van der Waals surface area contributed by atoms with Crippen molar-refractivity contribution in [3.8, 4) is 0 Å². The molecule has 1 aromatic rings. The Morgan fingerprint density at radius 2 is 2.05 bits per heavy atom. The number of benzene rings is 1. The highest BCUT2D eigenvalue weighted by Crippen LogP contribution is 2.27. The Hall–Kier alpha value is -1.35. The smallest absolute Gasteiger partial charge is 0.325 e. The van der Waals surface area contributed by atoms with Crippen LogP contribution in [0.5, 0.6) is 0 Å². The van der Waals surface area contributed by atoms with Crippen molar-refractivity contribution in [3.63, 3.8) is 0 Å². The van der Waals surface area contributed by atoms with E-state index in [0.717, 1.165) is 25.9 Å². The molecule has 0 aliphatic carbocycles. The lowest BCUT2D eigenvalue weighted by Gasteiger charge is -2.32. The van der Waals surface area contributed by atoms with E-state index >= 15 is 0 Å². The van der Waals surface area contributed by atoms with Gasteiger partial charge in [0.25, 0.3) is 0 Å². The molecule has 104 valence electrons. The van der Waals surface area contributed by atoms with Crippen LogP contribution in [0.1, 0.15) is 25.8 Å². The van der Waals surface area contributed by atoms with Gasteiger partial charge >= 0.3 is 5.97 Å². The molecule has 1 unspecified atom stereocenters. The van der Waals surface area contributed by atoms with E-state index in [1.54, 1.807) is 0 Å². The molecule has 0 N–H and O–H groups in total. The summed E-state index contributed by atoms with van der Waals surface area (Å²) in [7, 11) is 1.46. The van der Waals surface area contributed by atoms with Gasteiger partial charge in [0, 0.05) is 6.54 Å². The van der Waals surface area contributed by atoms with Crippen molar-refractivity contribution in [1.82, 2.24) is 4.90 Å². The van der Waals surface area contributed by atoms with E-state index < -0.39 is 5.54 Å². The molecule has 1 aliphatic heterocycles. The van der Waals surface area contributed by atoms with Crippen LogP contribution in [0.15, 0.2) is 30.3 Å². The zero-order valence-electron chi connectivity index (χ0n) is 12.1. The van der Waals surface area contributed by atoms with Crippen LogP contribution in [0.3, 0.4) is 0 Å². The first kappa shape index (κ1) is 14.1. The molecule has 1 aliphatic rings. The summed E-state index contributed by atoms with van der Waals surface area (Å²) in [5.74, 6) is 0.485. The van der Waals surface area contributed by atoms with Crippen LogP contribution in [0.25, 0.3) is 0 Å². The normalized spacial score (nSPS) is 20.5. The van der Waals surface area contributed by atoms with E-state index in [9.17, 15) is 4.79 Å². The third-order valence-corrected chi connectivity index (χ3v) is 4.13. The lowest BCUT2D eigenvalue weighted by Crippen LogP contribution is -2.49. The summed E-state index contributed by atoms with van der Waals surface area (Å²) in [6, 6.07) is 10.6. The number of ether oxygens (including phenoxy) is 1. The summed E-state index contributed by atoms with van der Waals surface area (Å²) in [4.78, 5) is 14.1. The van der Waals surface area contributed by atoms with E-state index in [0.29, 0.717) is 5.92 Å². The molecular weight excluding hydrogens is 238 g/mol. The van der Waals surface area contributed by atoms with Crippen molar-refractivity contribution in [2.75, 3.05) is 20.2 Å². The van der Waals surface area contributed by atoms with Crippen molar-refractivity contribution in [1.29, 1.82) is 0 Å². The predicted octanol–water partition coefficient (Wildman–Crippen LogP) is 2.50. The number of rotatable bonds is 4. The van der Waals surface area contributed by atoms with Crippen molar-refractivity contribution >= 4 is 5.97 Å². The number of carbonyl (C=O) groups excluding carboxylic acids is 1. The maximum absolute atomic E-state index is 11.8. The van der Waals surface area contributed by atoms with Crippen molar-refractivity contribution < 1.29 is 9.53 Å². The SMILES string of the molecule is COC(=O)C(C)(C)N1CCC(Cc2ccccc2)C1. The maximum Gasteiger partial charge on any atom is 0.325 e. The van der Waals surface area contributed by atoms with Gasteiger partial charge in [-0.25, -0.2) is 0 Å². The Bertz CT molecular complexity index is 428. The van der Waals surface area contributed by atoms with E-state index in [2.05, 4.69) is 29.2 Å². The Labute approximate surface area is 115 Å². The summed E-state index contributed by atoms with van der Waals surface area (Å²) < 4.78 is 4.90. The van der Waals surface area contributed by atoms with E-state index in [4.69, 9.17) is 4.74 Å². The molecule has 0 aromatic heterocycles. The Morgan fingerprint density at radius 3 is 2.68 bits per heavy atom.